The fourth-order valence-electron chi connectivity index (χ4n) is 3.69. The maximum atomic E-state index is 12.9. The molecule has 0 aromatic carbocycles. The topological polar surface area (TPSA) is 98.1 Å². The summed E-state index contributed by atoms with van der Waals surface area (Å²) in [6.07, 6.45) is 4.64. The summed E-state index contributed by atoms with van der Waals surface area (Å²) in [4.78, 5) is 19.9. The van der Waals surface area contributed by atoms with Crippen molar-refractivity contribution < 1.29 is 9.53 Å². The van der Waals surface area contributed by atoms with E-state index in [1.807, 2.05) is 12.3 Å². The lowest BCUT2D eigenvalue weighted by molar-refractivity contribution is 0.102. The second kappa shape index (κ2) is 9.52. The van der Waals surface area contributed by atoms with Crippen molar-refractivity contribution in [1.82, 2.24) is 29.9 Å². The average molecular weight is 442 g/mol. The van der Waals surface area contributed by atoms with Gasteiger partial charge in [0, 0.05) is 18.0 Å². The monoisotopic (exact) mass is 441 g/mol. The average Bonchev–Trinajstić information content (AvgIpc) is 3.42. The summed E-state index contributed by atoms with van der Waals surface area (Å²) in [5.74, 6) is 1.53. The number of hydrogen-bond acceptors (Lipinski definition) is 8. The molecule has 1 aliphatic heterocycles. The highest BCUT2D eigenvalue weighted by molar-refractivity contribution is 7.14. The van der Waals surface area contributed by atoms with Crippen molar-refractivity contribution in [2.75, 3.05) is 25.5 Å². The minimum absolute atomic E-state index is 0.225. The van der Waals surface area contributed by atoms with Crippen molar-refractivity contribution >= 4 is 22.4 Å². The number of methoxy groups -OCH3 is 1. The van der Waals surface area contributed by atoms with E-state index in [1.54, 1.807) is 23.0 Å². The van der Waals surface area contributed by atoms with Gasteiger partial charge in [-0.15, -0.1) is 21.5 Å². The zero-order valence-electron chi connectivity index (χ0n) is 18.0. The van der Waals surface area contributed by atoms with Crippen LogP contribution in [0.3, 0.4) is 0 Å². The van der Waals surface area contributed by atoms with Crippen molar-refractivity contribution in [2.24, 2.45) is 5.92 Å². The number of thiazole rings is 1. The van der Waals surface area contributed by atoms with E-state index >= 15 is 0 Å². The summed E-state index contributed by atoms with van der Waals surface area (Å²) in [5, 5.41) is 18.0. The van der Waals surface area contributed by atoms with Crippen molar-refractivity contribution in [2.45, 2.75) is 39.7 Å². The zero-order chi connectivity index (χ0) is 21.8. The molecule has 1 N–H and O–H groups in total. The maximum absolute atomic E-state index is 12.9. The largest absolute Gasteiger partial charge is 0.480 e. The molecule has 0 saturated carbocycles. The number of nitrogens with zero attached hydrogens (tertiary/aromatic N) is 6. The highest BCUT2D eigenvalue weighted by Gasteiger charge is 2.20. The maximum Gasteiger partial charge on any atom is 0.260 e. The van der Waals surface area contributed by atoms with E-state index in [9.17, 15) is 4.79 Å². The first-order valence-corrected chi connectivity index (χ1v) is 11.4. The molecule has 0 bridgehead atoms. The van der Waals surface area contributed by atoms with E-state index in [-0.39, 0.29) is 5.91 Å². The van der Waals surface area contributed by atoms with Crippen LogP contribution in [0.25, 0.3) is 5.82 Å². The van der Waals surface area contributed by atoms with Gasteiger partial charge in [0.2, 0.25) is 5.88 Å². The number of carbonyl (C=O) groups excluding carboxylic acids is 1. The molecule has 4 heterocycles. The molecule has 1 aliphatic rings. The number of likely N-dealkylation sites (tertiary alicyclic amines) is 1. The van der Waals surface area contributed by atoms with E-state index in [1.165, 1.54) is 31.3 Å². The highest BCUT2D eigenvalue weighted by Crippen LogP contribution is 2.22. The summed E-state index contributed by atoms with van der Waals surface area (Å²) in [5.41, 5.74) is 2.26. The molecule has 0 atom stereocenters. The molecule has 0 aliphatic carbocycles. The molecule has 3 aromatic rings. The number of anilines is 1. The fraction of sp³-hybridized carbons (Fsp3) is 0.476. The van der Waals surface area contributed by atoms with Gasteiger partial charge in [-0.05, 0) is 44.3 Å². The van der Waals surface area contributed by atoms with E-state index < -0.39 is 0 Å². The fourth-order valence-corrected chi connectivity index (χ4v) is 4.38. The summed E-state index contributed by atoms with van der Waals surface area (Å²) in [6.45, 7) is 7.32. The molecule has 1 amide bonds. The number of piperidine rings is 1. The Bertz CT molecular complexity index is 1020. The summed E-state index contributed by atoms with van der Waals surface area (Å²) >= 11 is 1.45. The van der Waals surface area contributed by atoms with Gasteiger partial charge in [0.1, 0.15) is 0 Å². The Morgan fingerprint density at radius 1 is 1.29 bits per heavy atom. The molecular formula is C21H27N7O2S. The first-order valence-electron chi connectivity index (χ1n) is 10.5. The Balaban J connectivity index is 1.44. The predicted molar refractivity (Wildman–Crippen MR) is 119 cm³/mol. The van der Waals surface area contributed by atoms with Crippen LogP contribution in [0.1, 0.15) is 48.4 Å². The van der Waals surface area contributed by atoms with Gasteiger partial charge in [0.15, 0.2) is 10.9 Å². The lowest BCUT2D eigenvalue weighted by atomic mass is 9.99. The second-order valence-corrected chi connectivity index (χ2v) is 8.62. The van der Waals surface area contributed by atoms with Crippen LogP contribution < -0.4 is 10.1 Å². The number of carbonyl (C=O) groups is 1. The van der Waals surface area contributed by atoms with Gasteiger partial charge in [-0.25, -0.2) is 9.67 Å². The Kier molecular flexibility index (Phi) is 6.57. The standard InChI is InChI=1S/C21H27N7O2S/c1-4-17-16(11-22-28(17)18-5-6-19(30-3)26-25-18)20(29)24-21-23-15(13-31-21)12-27-9-7-14(2)8-10-27/h5-6,11,13-14H,4,7-10,12H2,1-3H3,(H,23,24,29). The van der Waals surface area contributed by atoms with Crippen molar-refractivity contribution in [3.63, 3.8) is 0 Å². The second-order valence-electron chi connectivity index (χ2n) is 7.76. The molecule has 0 radical (unpaired) electrons. The van der Waals surface area contributed by atoms with Crippen LogP contribution in [0.15, 0.2) is 23.7 Å². The van der Waals surface area contributed by atoms with Crippen LogP contribution in [0.5, 0.6) is 5.88 Å². The normalized spacial score (nSPS) is 15.2. The summed E-state index contributed by atoms with van der Waals surface area (Å²) in [7, 11) is 1.54. The molecular weight excluding hydrogens is 414 g/mol. The van der Waals surface area contributed by atoms with Gasteiger partial charge < -0.3 is 4.74 Å². The number of rotatable bonds is 7. The lowest BCUT2D eigenvalue weighted by Gasteiger charge is -2.29. The minimum Gasteiger partial charge on any atom is -0.480 e. The quantitative estimate of drug-likeness (QED) is 0.601. The van der Waals surface area contributed by atoms with E-state index in [2.05, 4.69) is 37.4 Å². The van der Waals surface area contributed by atoms with E-state index in [4.69, 9.17) is 4.74 Å². The number of hydrogen-bond donors (Lipinski definition) is 1. The number of nitrogens with one attached hydrogen (secondary N) is 1. The summed E-state index contributed by atoms with van der Waals surface area (Å²) < 4.78 is 6.68. The van der Waals surface area contributed by atoms with Crippen molar-refractivity contribution in [1.29, 1.82) is 0 Å². The third-order valence-electron chi connectivity index (χ3n) is 5.53. The van der Waals surface area contributed by atoms with Gasteiger partial charge >= 0.3 is 0 Å². The smallest absolute Gasteiger partial charge is 0.260 e. The van der Waals surface area contributed by atoms with Gasteiger partial charge in [-0.2, -0.15) is 5.10 Å². The number of aromatic nitrogens is 5. The third-order valence-corrected chi connectivity index (χ3v) is 6.34. The molecule has 0 spiro atoms. The Morgan fingerprint density at radius 3 is 2.77 bits per heavy atom. The Labute approximate surface area is 185 Å². The molecule has 10 heteroatoms. The molecule has 4 rings (SSSR count). The first-order chi connectivity index (χ1) is 15.1. The summed E-state index contributed by atoms with van der Waals surface area (Å²) in [6, 6.07) is 3.47. The minimum atomic E-state index is -0.225. The molecule has 1 fully saturated rings. The van der Waals surface area contributed by atoms with E-state index in [0.29, 0.717) is 28.8 Å². The molecule has 9 nitrogen and oxygen atoms in total. The molecule has 31 heavy (non-hydrogen) atoms. The van der Waals surface area contributed by atoms with Gasteiger partial charge in [-0.3, -0.25) is 15.0 Å². The number of amides is 1. The van der Waals surface area contributed by atoms with Gasteiger partial charge in [0.05, 0.1) is 30.3 Å². The van der Waals surface area contributed by atoms with Crippen LogP contribution in [-0.2, 0) is 13.0 Å². The predicted octanol–water partition coefficient (Wildman–Crippen LogP) is 3.17. The highest BCUT2D eigenvalue weighted by atomic mass is 32.1. The van der Waals surface area contributed by atoms with E-state index in [0.717, 1.165) is 36.9 Å². The molecule has 164 valence electrons. The zero-order valence-corrected chi connectivity index (χ0v) is 18.9. The van der Waals surface area contributed by atoms with Crippen LogP contribution in [0.2, 0.25) is 0 Å². The lowest BCUT2D eigenvalue weighted by Crippen LogP contribution is -2.32. The van der Waals surface area contributed by atoms with Crippen molar-refractivity contribution in [3.05, 3.63) is 40.7 Å². The third kappa shape index (κ3) is 4.91. The van der Waals surface area contributed by atoms with Crippen LogP contribution in [-0.4, -0.2) is 56.0 Å². The molecule has 3 aromatic heterocycles. The van der Waals surface area contributed by atoms with Gasteiger partial charge in [-0.1, -0.05) is 13.8 Å². The van der Waals surface area contributed by atoms with Gasteiger partial charge in [0.25, 0.3) is 5.91 Å². The van der Waals surface area contributed by atoms with Crippen molar-refractivity contribution in [3.8, 4) is 11.7 Å². The first kappa shape index (κ1) is 21.4. The van der Waals surface area contributed by atoms with Crippen LogP contribution in [0.4, 0.5) is 5.13 Å². The molecule has 1 saturated heterocycles. The number of ether oxygens (including phenoxy) is 1. The molecule has 0 unspecified atom stereocenters. The van der Waals surface area contributed by atoms with Crippen LogP contribution >= 0.6 is 11.3 Å². The Hall–Kier alpha value is -2.85. The Morgan fingerprint density at radius 2 is 2.10 bits per heavy atom. The SMILES string of the molecule is CCc1c(C(=O)Nc2nc(CN3CCC(C)CC3)cs2)cnn1-c1ccc(OC)nn1. The van der Waals surface area contributed by atoms with Crippen LogP contribution in [0, 0.1) is 5.92 Å².